The van der Waals surface area contributed by atoms with Crippen LogP contribution in [-0.2, 0) is 0 Å². The standard InChI is InChI=1S/C23H23NO4/c1-23(15-25)9-11-24(12-10-23)21(26)18-7-4-6-16(13-18)19-14-17-5-2-3-8-20(17)28-22(19)27/h2-8,13-14,25H,9-12,15H2,1H3. The fraction of sp³-hybridized carbons (Fsp3) is 0.304. The lowest BCUT2D eigenvalue weighted by Gasteiger charge is -2.38. The van der Waals surface area contributed by atoms with Crippen LogP contribution in [0.2, 0.25) is 0 Å². The van der Waals surface area contributed by atoms with Gasteiger partial charge >= 0.3 is 5.63 Å². The molecule has 1 amide bonds. The molecule has 2 heterocycles. The van der Waals surface area contributed by atoms with Crippen LogP contribution in [-0.4, -0.2) is 35.6 Å². The Balaban J connectivity index is 1.63. The third-order valence-electron chi connectivity index (χ3n) is 5.70. The molecular weight excluding hydrogens is 354 g/mol. The highest BCUT2D eigenvalue weighted by atomic mass is 16.4. The lowest BCUT2D eigenvalue weighted by molar-refractivity contribution is 0.0439. The number of hydrogen-bond donors (Lipinski definition) is 1. The predicted molar refractivity (Wildman–Crippen MR) is 108 cm³/mol. The van der Waals surface area contributed by atoms with Crippen LogP contribution in [0.1, 0.15) is 30.1 Å². The van der Waals surface area contributed by atoms with Gasteiger partial charge in [0.15, 0.2) is 0 Å². The van der Waals surface area contributed by atoms with Crippen molar-refractivity contribution >= 4 is 16.9 Å². The van der Waals surface area contributed by atoms with Gasteiger partial charge in [-0.3, -0.25) is 4.79 Å². The average Bonchev–Trinajstić information content (AvgIpc) is 2.73. The third-order valence-corrected chi connectivity index (χ3v) is 5.70. The van der Waals surface area contributed by atoms with Crippen molar-refractivity contribution in [3.05, 3.63) is 70.6 Å². The van der Waals surface area contributed by atoms with Crippen LogP contribution in [0.15, 0.2) is 63.8 Å². The van der Waals surface area contributed by atoms with E-state index in [2.05, 4.69) is 6.92 Å². The number of carbonyl (C=O) groups is 1. The van der Waals surface area contributed by atoms with Gasteiger partial charge in [0.2, 0.25) is 0 Å². The highest BCUT2D eigenvalue weighted by molar-refractivity contribution is 5.95. The maximum Gasteiger partial charge on any atom is 0.344 e. The molecule has 28 heavy (non-hydrogen) atoms. The van der Waals surface area contributed by atoms with Crippen molar-refractivity contribution < 1.29 is 14.3 Å². The minimum absolute atomic E-state index is 0.0491. The first-order valence-electron chi connectivity index (χ1n) is 9.53. The van der Waals surface area contributed by atoms with Crippen LogP contribution in [0.3, 0.4) is 0 Å². The second kappa shape index (κ2) is 7.24. The lowest BCUT2D eigenvalue weighted by Crippen LogP contribution is -2.43. The molecule has 4 rings (SSSR count). The van der Waals surface area contributed by atoms with Crippen molar-refractivity contribution in [2.45, 2.75) is 19.8 Å². The van der Waals surface area contributed by atoms with Crippen molar-refractivity contribution in [3.63, 3.8) is 0 Å². The number of benzene rings is 2. The summed E-state index contributed by atoms with van der Waals surface area (Å²) in [7, 11) is 0. The zero-order valence-electron chi connectivity index (χ0n) is 15.9. The Morgan fingerprint density at radius 2 is 1.86 bits per heavy atom. The van der Waals surface area contributed by atoms with Crippen LogP contribution < -0.4 is 5.63 Å². The molecular formula is C23H23NO4. The molecule has 0 radical (unpaired) electrons. The van der Waals surface area contributed by atoms with Gasteiger partial charge in [0.1, 0.15) is 5.58 Å². The number of aliphatic hydroxyl groups excluding tert-OH is 1. The molecule has 0 unspecified atom stereocenters. The Hall–Kier alpha value is -2.92. The number of fused-ring (bicyclic) bond motifs is 1. The molecule has 3 aromatic rings. The summed E-state index contributed by atoms with van der Waals surface area (Å²) in [6, 6.07) is 16.3. The highest BCUT2D eigenvalue weighted by Crippen LogP contribution is 2.31. The molecule has 0 bridgehead atoms. The number of carbonyl (C=O) groups excluding carboxylic acids is 1. The molecule has 5 heteroatoms. The quantitative estimate of drug-likeness (QED) is 0.707. The minimum Gasteiger partial charge on any atom is -0.422 e. The molecule has 1 N–H and O–H groups in total. The summed E-state index contributed by atoms with van der Waals surface area (Å²) in [4.78, 5) is 27.2. The van der Waals surface area contributed by atoms with E-state index < -0.39 is 5.63 Å². The number of amides is 1. The Labute approximate surface area is 163 Å². The molecule has 1 saturated heterocycles. The molecule has 2 aromatic carbocycles. The molecule has 1 aliphatic heterocycles. The van der Waals surface area contributed by atoms with Crippen molar-refractivity contribution in [3.8, 4) is 11.1 Å². The largest absolute Gasteiger partial charge is 0.422 e. The van der Waals surface area contributed by atoms with E-state index in [1.165, 1.54) is 0 Å². The molecule has 5 nitrogen and oxygen atoms in total. The summed E-state index contributed by atoms with van der Waals surface area (Å²) in [6.45, 7) is 3.44. The first kappa shape index (κ1) is 18.4. The Bertz CT molecular complexity index is 1080. The molecule has 0 atom stereocenters. The second-order valence-electron chi connectivity index (χ2n) is 7.83. The lowest BCUT2D eigenvalue weighted by atomic mass is 9.81. The summed E-state index contributed by atoms with van der Waals surface area (Å²) in [5, 5.41) is 10.4. The monoisotopic (exact) mass is 377 g/mol. The molecule has 1 aromatic heterocycles. The minimum atomic E-state index is -0.417. The zero-order valence-corrected chi connectivity index (χ0v) is 15.9. The van der Waals surface area contributed by atoms with Gasteiger partial charge in [-0.25, -0.2) is 4.79 Å². The average molecular weight is 377 g/mol. The molecule has 1 fully saturated rings. The SMILES string of the molecule is CC1(CO)CCN(C(=O)c2cccc(-c3cc4ccccc4oc3=O)c2)CC1. The topological polar surface area (TPSA) is 70.8 Å². The molecule has 0 aliphatic carbocycles. The van der Waals surface area contributed by atoms with E-state index in [9.17, 15) is 14.7 Å². The van der Waals surface area contributed by atoms with E-state index in [1.54, 1.807) is 30.3 Å². The van der Waals surface area contributed by atoms with Crippen LogP contribution >= 0.6 is 0 Å². The molecule has 0 saturated carbocycles. The van der Waals surface area contributed by atoms with Gasteiger partial charge in [-0.15, -0.1) is 0 Å². The summed E-state index contributed by atoms with van der Waals surface area (Å²) in [5.41, 5.74) is 1.69. The van der Waals surface area contributed by atoms with E-state index in [0.29, 0.717) is 35.4 Å². The number of nitrogens with zero attached hydrogens (tertiary/aromatic N) is 1. The molecule has 1 aliphatic rings. The Morgan fingerprint density at radius 3 is 2.61 bits per heavy atom. The van der Waals surface area contributed by atoms with Crippen molar-refractivity contribution in [1.82, 2.24) is 4.90 Å². The smallest absolute Gasteiger partial charge is 0.344 e. The molecule has 144 valence electrons. The van der Waals surface area contributed by atoms with Crippen molar-refractivity contribution in [2.24, 2.45) is 5.41 Å². The number of aliphatic hydroxyl groups is 1. The van der Waals surface area contributed by atoms with Gasteiger partial charge in [-0.2, -0.15) is 0 Å². The van der Waals surface area contributed by atoms with E-state index in [0.717, 1.165) is 18.2 Å². The Kier molecular flexibility index (Phi) is 4.77. The summed E-state index contributed by atoms with van der Waals surface area (Å²) in [6.07, 6.45) is 1.56. The fourth-order valence-electron chi connectivity index (χ4n) is 3.67. The Morgan fingerprint density at radius 1 is 1.11 bits per heavy atom. The number of rotatable bonds is 3. The van der Waals surface area contributed by atoms with Gasteiger partial charge in [-0.1, -0.05) is 37.3 Å². The van der Waals surface area contributed by atoms with Gasteiger partial charge in [-0.05, 0) is 48.1 Å². The normalized spacial score (nSPS) is 16.3. The maximum absolute atomic E-state index is 12.9. The van der Waals surface area contributed by atoms with Crippen LogP contribution in [0.25, 0.3) is 22.1 Å². The summed E-state index contributed by atoms with van der Waals surface area (Å²) >= 11 is 0. The van der Waals surface area contributed by atoms with Crippen molar-refractivity contribution in [2.75, 3.05) is 19.7 Å². The molecule has 0 spiro atoms. The van der Waals surface area contributed by atoms with Gasteiger partial charge in [0, 0.05) is 30.6 Å². The maximum atomic E-state index is 12.9. The van der Waals surface area contributed by atoms with Gasteiger partial charge < -0.3 is 14.4 Å². The van der Waals surface area contributed by atoms with E-state index in [4.69, 9.17) is 4.42 Å². The summed E-state index contributed by atoms with van der Waals surface area (Å²) < 4.78 is 5.42. The van der Waals surface area contributed by atoms with Gasteiger partial charge in [0.25, 0.3) is 5.91 Å². The summed E-state index contributed by atoms with van der Waals surface area (Å²) in [5.74, 6) is -0.0491. The second-order valence-corrected chi connectivity index (χ2v) is 7.83. The number of likely N-dealkylation sites (tertiary alicyclic amines) is 1. The van der Waals surface area contributed by atoms with Crippen LogP contribution in [0, 0.1) is 5.41 Å². The third kappa shape index (κ3) is 3.45. The van der Waals surface area contributed by atoms with E-state index in [1.807, 2.05) is 29.2 Å². The fourth-order valence-corrected chi connectivity index (χ4v) is 3.67. The number of piperidine rings is 1. The first-order valence-corrected chi connectivity index (χ1v) is 9.53. The van der Waals surface area contributed by atoms with E-state index in [-0.39, 0.29) is 17.9 Å². The van der Waals surface area contributed by atoms with Crippen LogP contribution in [0.5, 0.6) is 0 Å². The van der Waals surface area contributed by atoms with Crippen molar-refractivity contribution in [1.29, 1.82) is 0 Å². The predicted octanol–water partition coefficient (Wildman–Crippen LogP) is 3.69. The van der Waals surface area contributed by atoms with Gasteiger partial charge in [0.05, 0.1) is 5.56 Å². The zero-order chi connectivity index (χ0) is 19.7. The number of hydrogen-bond acceptors (Lipinski definition) is 4. The first-order chi connectivity index (χ1) is 13.5. The number of para-hydroxylation sites is 1. The van der Waals surface area contributed by atoms with Crippen LogP contribution in [0.4, 0.5) is 0 Å². The highest BCUT2D eigenvalue weighted by Gasteiger charge is 2.31. The van der Waals surface area contributed by atoms with E-state index >= 15 is 0 Å².